The number of rotatable bonds is 7. The molecule has 0 amide bonds. The van der Waals surface area contributed by atoms with Gasteiger partial charge in [0.2, 0.25) is 0 Å². The summed E-state index contributed by atoms with van der Waals surface area (Å²) in [5.74, 6) is 0. The Morgan fingerprint density at radius 2 is 1.69 bits per heavy atom. The Balaban J connectivity index is 2.83. The summed E-state index contributed by atoms with van der Waals surface area (Å²) in [4.78, 5) is 0. The van der Waals surface area contributed by atoms with Crippen LogP contribution in [0.15, 0.2) is 30.9 Å². The highest BCUT2D eigenvalue weighted by atomic mass is 14.1. The Bertz CT molecular complexity index is 323. The Morgan fingerprint density at radius 3 is 2.31 bits per heavy atom. The van der Waals surface area contributed by atoms with E-state index in [1.165, 1.54) is 31.2 Å². The van der Waals surface area contributed by atoms with Crippen LogP contribution < -0.4 is 0 Å². The fraction of sp³-hybridized carbons (Fsp3) is 0.500. The van der Waals surface area contributed by atoms with Crippen molar-refractivity contribution in [2.45, 2.75) is 52.4 Å². The second kappa shape index (κ2) is 7.27. The van der Waals surface area contributed by atoms with Crippen LogP contribution in [0.25, 0.3) is 0 Å². The van der Waals surface area contributed by atoms with Gasteiger partial charge in [0, 0.05) is 0 Å². The molecule has 0 atom stereocenters. The SMILES string of the molecule is C=CCCc1ccc(CCC)c(CCC)c1. The van der Waals surface area contributed by atoms with Crippen LogP contribution >= 0.6 is 0 Å². The Morgan fingerprint density at radius 1 is 1.00 bits per heavy atom. The van der Waals surface area contributed by atoms with Gasteiger partial charge in [-0.15, -0.1) is 6.58 Å². The van der Waals surface area contributed by atoms with Crippen molar-refractivity contribution < 1.29 is 0 Å². The summed E-state index contributed by atoms with van der Waals surface area (Å²) >= 11 is 0. The molecule has 0 unspecified atom stereocenters. The summed E-state index contributed by atoms with van der Waals surface area (Å²) in [5, 5.41) is 0. The Labute approximate surface area is 100 Å². The standard InChI is InChI=1S/C16H24/c1-4-7-10-14-11-12-15(8-5-2)16(13-14)9-6-3/h4,11-13H,1,5-10H2,2-3H3. The van der Waals surface area contributed by atoms with Crippen molar-refractivity contribution >= 4 is 0 Å². The van der Waals surface area contributed by atoms with Crippen molar-refractivity contribution in [2.24, 2.45) is 0 Å². The highest BCUT2D eigenvalue weighted by Gasteiger charge is 2.02. The number of allylic oxidation sites excluding steroid dienone is 1. The lowest BCUT2D eigenvalue weighted by molar-refractivity contribution is 0.855. The highest BCUT2D eigenvalue weighted by Crippen LogP contribution is 2.17. The average Bonchev–Trinajstić information content (AvgIpc) is 2.30. The zero-order chi connectivity index (χ0) is 11.8. The van der Waals surface area contributed by atoms with Crippen LogP contribution in [0.4, 0.5) is 0 Å². The van der Waals surface area contributed by atoms with Gasteiger partial charge in [0.1, 0.15) is 0 Å². The van der Waals surface area contributed by atoms with Gasteiger partial charge >= 0.3 is 0 Å². The van der Waals surface area contributed by atoms with E-state index in [4.69, 9.17) is 0 Å². The molecule has 0 aliphatic heterocycles. The van der Waals surface area contributed by atoms with Gasteiger partial charge < -0.3 is 0 Å². The van der Waals surface area contributed by atoms with Gasteiger partial charge in [-0.2, -0.15) is 0 Å². The third-order valence-corrected chi connectivity index (χ3v) is 2.95. The van der Waals surface area contributed by atoms with E-state index >= 15 is 0 Å². The van der Waals surface area contributed by atoms with E-state index in [1.807, 2.05) is 6.08 Å². The van der Waals surface area contributed by atoms with Crippen molar-refractivity contribution in [3.05, 3.63) is 47.5 Å². The molecule has 0 aromatic heterocycles. The first-order valence-electron chi connectivity index (χ1n) is 6.53. The molecule has 0 N–H and O–H groups in total. The molecule has 16 heavy (non-hydrogen) atoms. The lowest BCUT2D eigenvalue weighted by atomic mass is 9.96. The highest BCUT2D eigenvalue weighted by molar-refractivity contribution is 5.32. The predicted molar refractivity (Wildman–Crippen MR) is 73.0 cm³/mol. The molecule has 0 radical (unpaired) electrons. The second-order valence-corrected chi connectivity index (χ2v) is 4.43. The fourth-order valence-corrected chi connectivity index (χ4v) is 2.12. The minimum atomic E-state index is 1.08. The average molecular weight is 216 g/mol. The Kier molecular flexibility index (Phi) is 5.92. The molecule has 0 bridgehead atoms. The third-order valence-electron chi connectivity index (χ3n) is 2.95. The van der Waals surface area contributed by atoms with E-state index in [0.717, 1.165) is 12.8 Å². The molecule has 88 valence electrons. The number of aryl methyl sites for hydroxylation is 3. The van der Waals surface area contributed by atoms with Gasteiger partial charge in [-0.05, 0) is 42.4 Å². The van der Waals surface area contributed by atoms with E-state index in [0.29, 0.717) is 0 Å². The molecule has 0 saturated heterocycles. The molecule has 0 heteroatoms. The van der Waals surface area contributed by atoms with Crippen LogP contribution in [-0.4, -0.2) is 0 Å². The molecule has 0 saturated carbocycles. The van der Waals surface area contributed by atoms with Gasteiger partial charge in [0.15, 0.2) is 0 Å². The smallest absolute Gasteiger partial charge is 0.0244 e. The lowest BCUT2D eigenvalue weighted by Gasteiger charge is -2.10. The molecule has 0 fully saturated rings. The van der Waals surface area contributed by atoms with Crippen LogP contribution in [0, 0.1) is 0 Å². The quantitative estimate of drug-likeness (QED) is 0.579. The first-order chi connectivity index (χ1) is 7.81. The molecule has 0 aliphatic carbocycles. The summed E-state index contributed by atoms with van der Waals surface area (Å²) < 4.78 is 0. The Hall–Kier alpha value is -1.04. The number of hydrogen-bond donors (Lipinski definition) is 0. The van der Waals surface area contributed by atoms with Crippen LogP contribution in [0.5, 0.6) is 0 Å². The van der Waals surface area contributed by atoms with E-state index in [1.54, 1.807) is 11.1 Å². The van der Waals surface area contributed by atoms with Crippen LogP contribution in [0.3, 0.4) is 0 Å². The minimum absolute atomic E-state index is 1.08. The molecule has 1 aromatic rings. The maximum absolute atomic E-state index is 3.78. The normalized spacial score (nSPS) is 10.4. The van der Waals surface area contributed by atoms with E-state index in [-0.39, 0.29) is 0 Å². The van der Waals surface area contributed by atoms with Crippen LogP contribution in [0.2, 0.25) is 0 Å². The van der Waals surface area contributed by atoms with E-state index in [2.05, 4.69) is 38.6 Å². The molecule has 1 aromatic carbocycles. The number of benzene rings is 1. The summed E-state index contributed by atoms with van der Waals surface area (Å²) in [6, 6.07) is 7.01. The van der Waals surface area contributed by atoms with Crippen molar-refractivity contribution in [1.29, 1.82) is 0 Å². The van der Waals surface area contributed by atoms with Crippen LogP contribution in [0.1, 0.15) is 49.8 Å². The minimum Gasteiger partial charge on any atom is -0.103 e. The van der Waals surface area contributed by atoms with Crippen molar-refractivity contribution in [2.75, 3.05) is 0 Å². The van der Waals surface area contributed by atoms with Crippen molar-refractivity contribution in [3.63, 3.8) is 0 Å². The van der Waals surface area contributed by atoms with Gasteiger partial charge in [0.05, 0.1) is 0 Å². The molecule has 0 nitrogen and oxygen atoms in total. The second-order valence-electron chi connectivity index (χ2n) is 4.43. The summed E-state index contributed by atoms with van der Waals surface area (Å²) in [7, 11) is 0. The zero-order valence-electron chi connectivity index (χ0n) is 10.8. The molecule has 1 rings (SSSR count). The molecule has 0 heterocycles. The number of hydrogen-bond acceptors (Lipinski definition) is 0. The lowest BCUT2D eigenvalue weighted by Crippen LogP contribution is -1.96. The van der Waals surface area contributed by atoms with Gasteiger partial charge in [-0.25, -0.2) is 0 Å². The van der Waals surface area contributed by atoms with Gasteiger partial charge in [-0.1, -0.05) is 51.0 Å². The fourth-order valence-electron chi connectivity index (χ4n) is 2.12. The van der Waals surface area contributed by atoms with Crippen molar-refractivity contribution in [1.82, 2.24) is 0 Å². The predicted octanol–water partition coefficient (Wildman–Crippen LogP) is 4.71. The molecule has 0 spiro atoms. The van der Waals surface area contributed by atoms with Gasteiger partial charge in [-0.3, -0.25) is 0 Å². The van der Waals surface area contributed by atoms with E-state index < -0.39 is 0 Å². The van der Waals surface area contributed by atoms with Gasteiger partial charge in [0.25, 0.3) is 0 Å². The monoisotopic (exact) mass is 216 g/mol. The molecular formula is C16H24. The summed E-state index contributed by atoms with van der Waals surface area (Å²) in [5.41, 5.74) is 4.57. The molecule has 0 aliphatic rings. The van der Waals surface area contributed by atoms with E-state index in [9.17, 15) is 0 Å². The molecular weight excluding hydrogens is 192 g/mol. The zero-order valence-corrected chi connectivity index (χ0v) is 10.8. The first kappa shape index (κ1) is 13.0. The maximum Gasteiger partial charge on any atom is -0.0244 e. The topological polar surface area (TPSA) is 0 Å². The van der Waals surface area contributed by atoms with Crippen LogP contribution in [-0.2, 0) is 19.3 Å². The van der Waals surface area contributed by atoms with Crippen molar-refractivity contribution in [3.8, 4) is 0 Å². The largest absolute Gasteiger partial charge is 0.103 e. The maximum atomic E-state index is 3.78. The summed E-state index contributed by atoms with van der Waals surface area (Å²) in [6.45, 7) is 8.29. The third kappa shape index (κ3) is 3.84. The first-order valence-corrected chi connectivity index (χ1v) is 6.53. The summed E-state index contributed by atoms with van der Waals surface area (Å²) in [6.07, 6.45) is 9.13.